The van der Waals surface area contributed by atoms with Crippen LogP contribution in [0.2, 0.25) is 0 Å². The van der Waals surface area contributed by atoms with Crippen molar-refractivity contribution in [2.75, 3.05) is 18.6 Å². The average Bonchev–Trinajstić information content (AvgIpc) is 2.55. The molecule has 1 unspecified atom stereocenters. The molecule has 16 heavy (non-hydrogen) atoms. The first-order valence-corrected chi connectivity index (χ1v) is 6.21. The van der Waals surface area contributed by atoms with E-state index < -0.39 is 0 Å². The Morgan fingerprint density at radius 3 is 2.56 bits per heavy atom. The molecule has 1 heterocycles. The second kappa shape index (κ2) is 5.46. The minimum Gasteiger partial charge on any atom is -0.380 e. The fourth-order valence-electron chi connectivity index (χ4n) is 1.68. The van der Waals surface area contributed by atoms with Crippen LogP contribution in [0.4, 0.5) is 5.69 Å². The molecular weight excluding hydrogens is 222 g/mol. The molecule has 0 fully saturated rings. The minimum absolute atomic E-state index is 0.0441. The summed E-state index contributed by atoms with van der Waals surface area (Å²) in [6.07, 6.45) is 0.0441. The van der Waals surface area contributed by atoms with Gasteiger partial charge in [0.05, 0.1) is 18.3 Å². The van der Waals surface area contributed by atoms with Crippen LogP contribution in [0.25, 0.3) is 0 Å². The van der Waals surface area contributed by atoms with E-state index in [9.17, 15) is 4.79 Å². The molecule has 0 aromatic carbocycles. The van der Waals surface area contributed by atoms with Gasteiger partial charge in [0, 0.05) is 18.9 Å². The van der Waals surface area contributed by atoms with Gasteiger partial charge < -0.3 is 9.64 Å². The van der Waals surface area contributed by atoms with Crippen LogP contribution in [-0.2, 0) is 9.53 Å². The third-order valence-corrected chi connectivity index (χ3v) is 3.63. The molecule has 0 N–H and O–H groups in total. The Labute approximate surface area is 101 Å². The molecule has 3 nitrogen and oxygen atoms in total. The predicted molar refractivity (Wildman–Crippen MR) is 68.3 cm³/mol. The Hall–Kier alpha value is -0.870. The normalized spacial score (nSPS) is 12.6. The van der Waals surface area contributed by atoms with Crippen LogP contribution < -0.4 is 4.90 Å². The van der Waals surface area contributed by atoms with Gasteiger partial charge in [0.1, 0.15) is 0 Å². The van der Waals surface area contributed by atoms with Gasteiger partial charge >= 0.3 is 0 Å². The molecule has 0 saturated heterocycles. The number of rotatable bonds is 4. The van der Waals surface area contributed by atoms with Crippen molar-refractivity contribution < 1.29 is 9.53 Å². The standard InChI is InChI=1S/C12H19NO2S/c1-8-7-16-10(3)12(8)13(11(4)14)6-9(2)15-5/h7,9H,6H2,1-5H3. The van der Waals surface area contributed by atoms with Gasteiger partial charge in [-0.05, 0) is 31.7 Å². The maximum Gasteiger partial charge on any atom is 0.223 e. The number of nitrogens with zero attached hydrogens (tertiary/aromatic N) is 1. The summed E-state index contributed by atoms with van der Waals surface area (Å²) in [5, 5.41) is 2.08. The lowest BCUT2D eigenvalue weighted by Gasteiger charge is -2.25. The summed E-state index contributed by atoms with van der Waals surface area (Å²) in [4.78, 5) is 14.7. The molecule has 1 aromatic rings. The van der Waals surface area contributed by atoms with E-state index in [1.165, 1.54) is 4.88 Å². The number of aryl methyl sites for hydroxylation is 2. The molecule has 90 valence electrons. The number of methoxy groups -OCH3 is 1. The van der Waals surface area contributed by atoms with Crippen LogP contribution in [0, 0.1) is 13.8 Å². The molecule has 0 bridgehead atoms. The van der Waals surface area contributed by atoms with E-state index in [1.54, 1.807) is 30.3 Å². The fourth-order valence-corrected chi connectivity index (χ4v) is 2.53. The predicted octanol–water partition coefficient (Wildman–Crippen LogP) is 2.75. The van der Waals surface area contributed by atoms with Crippen molar-refractivity contribution in [3.05, 3.63) is 15.8 Å². The summed E-state index contributed by atoms with van der Waals surface area (Å²) in [7, 11) is 1.66. The molecule has 1 atom stereocenters. The van der Waals surface area contributed by atoms with Crippen molar-refractivity contribution in [3.8, 4) is 0 Å². The molecule has 1 aromatic heterocycles. The highest BCUT2D eigenvalue weighted by molar-refractivity contribution is 7.10. The van der Waals surface area contributed by atoms with E-state index in [4.69, 9.17) is 4.74 Å². The summed E-state index contributed by atoms with van der Waals surface area (Å²) >= 11 is 1.68. The Morgan fingerprint density at radius 1 is 1.56 bits per heavy atom. The zero-order chi connectivity index (χ0) is 12.3. The minimum atomic E-state index is 0.0441. The summed E-state index contributed by atoms with van der Waals surface area (Å²) in [6.45, 7) is 8.24. The number of ether oxygens (including phenoxy) is 1. The van der Waals surface area contributed by atoms with Gasteiger partial charge in [0.25, 0.3) is 0 Å². The van der Waals surface area contributed by atoms with Crippen LogP contribution in [0.3, 0.4) is 0 Å². The van der Waals surface area contributed by atoms with E-state index >= 15 is 0 Å². The van der Waals surface area contributed by atoms with Crippen molar-refractivity contribution in [2.45, 2.75) is 33.8 Å². The third-order valence-electron chi connectivity index (χ3n) is 2.61. The highest BCUT2D eigenvalue weighted by Gasteiger charge is 2.19. The largest absolute Gasteiger partial charge is 0.380 e. The van der Waals surface area contributed by atoms with Crippen molar-refractivity contribution in [3.63, 3.8) is 0 Å². The Kier molecular flexibility index (Phi) is 4.50. The van der Waals surface area contributed by atoms with Gasteiger partial charge in [-0.25, -0.2) is 0 Å². The molecule has 1 amide bonds. The van der Waals surface area contributed by atoms with E-state index in [2.05, 4.69) is 5.38 Å². The Balaban J connectivity index is 2.99. The zero-order valence-corrected chi connectivity index (χ0v) is 11.4. The lowest BCUT2D eigenvalue weighted by Crippen LogP contribution is -2.36. The average molecular weight is 241 g/mol. The molecular formula is C12H19NO2S. The van der Waals surface area contributed by atoms with Crippen LogP contribution >= 0.6 is 11.3 Å². The number of carbonyl (C=O) groups is 1. The maximum absolute atomic E-state index is 11.7. The first-order chi connectivity index (χ1) is 7.47. The molecule has 4 heteroatoms. The van der Waals surface area contributed by atoms with Crippen LogP contribution in [-0.4, -0.2) is 25.7 Å². The smallest absolute Gasteiger partial charge is 0.223 e. The third kappa shape index (κ3) is 2.83. The monoisotopic (exact) mass is 241 g/mol. The summed E-state index contributed by atoms with van der Waals surface area (Å²) in [6, 6.07) is 0. The molecule has 0 aliphatic heterocycles. The molecule has 0 aliphatic rings. The van der Waals surface area contributed by atoms with E-state index in [0.717, 1.165) is 11.3 Å². The Bertz CT molecular complexity index is 354. The lowest BCUT2D eigenvalue weighted by molar-refractivity contribution is -0.116. The fraction of sp³-hybridized carbons (Fsp3) is 0.583. The van der Waals surface area contributed by atoms with Crippen molar-refractivity contribution in [1.29, 1.82) is 0 Å². The second-order valence-electron chi connectivity index (χ2n) is 4.00. The van der Waals surface area contributed by atoms with E-state index in [0.29, 0.717) is 6.54 Å². The highest BCUT2D eigenvalue weighted by atomic mass is 32.1. The van der Waals surface area contributed by atoms with Gasteiger partial charge in [-0.15, -0.1) is 11.3 Å². The van der Waals surface area contributed by atoms with Gasteiger partial charge in [0.2, 0.25) is 5.91 Å². The molecule has 0 radical (unpaired) electrons. The molecule has 0 saturated carbocycles. The summed E-state index contributed by atoms with van der Waals surface area (Å²) < 4.78 is 5.22. The van der Waals surface area contributed by atoms with Crippen LogP contribution in [0.5, 0.6) is 0 Å². The first-order valence-electron chi connectivity index (χ1n) is 5.33. The number of hydrogen-bond donors (Lipinski definition) is 0. The number of thiophene rings is 1. The van der Waals surface area contributed by atoms with Gasteiger partial charge in [-0.1, -0.05) is 0 Å². The Morgan fingerprint density at radius 2 is 2.19 bits per heavy atom. The van der Waals surface area contributed by atoms with E-state index in [1.807, 2.05) is 20.8 Å². The molecule has 0 spiro atoms. The van der Waals surface area contributed by atoms with Crippen molar-refractivity contribution in [1.82, 2.24) is 0 Å². The van der Waals surface area contributed by atoms with Gasteiger partial charge in [-0.2, -0.15) is 0 Å². The molecule has 1 rings (SSSR count). The summed E-state index contributed by atoms with van der Waals surface area (Å²) in [5.74, 6) is 0.0634. The molecule has 0 aliphatic carbocycles. The van der Waals surface area contributed by atoms with Gasteiger partial charge in [0.15, 0.2) is 0 Å². The maximum atomic E-state index is 11.7. The first kappa shape index (κ1) is 13.2. The number of hydrogen-bond acceptors (Lipinski definition) is 3. The topological polar surface area (TPSA) is 29.5 Å². The van der Waals surface area contributed by atoms with Crippen molar-refractivity contribution in [2.24, 2.45) is 0 Å². The zero-order valence-electron chi connectivity index (χ0n) is 10.5. The highest BCUT2D eigenvalue weighted by Crippen LogP contribution is 2.30. The van der Waals surface area contributed by atoms with Crippen LogP contribution in [0.1, 0.15) is 24.3 Å². The quantitative estimate of drug-likeness (QED) is 0.811. The SMILES string of the molecule is COC(C)CN(C(C)=O)c1c(C)csc1C. The van der Waals surface area contributed by atoms with E-state index in [-0.39, 0.29) is 12.0 Å². The number of amides is 1. The van der Waals surface area contributed by atoms with Crippen LogP contribution in [0.15, 0.2) is 5.38 Å². The van der Waals surface area contributed by atoms with Gasteiger partial charge in [-0.3, -0.25) is 4.79 Å². The second-order valence-corrected chi connectivity index (χ2v) is 5.08. The number of carbonyl (C=O) groups excluding carboxylic acids is 1. The number of anilines is 1. The van der Waals surface area contributed by atoms with Crippen molar-refractivity contribution >= 4 is 22.9 Å². The lowest BCUT2D eigenvalue weighted by atomic mass is 10.2. The summed E-state index contributed by atoms with van der Waals surface area (Å²) in [5.41, 5.74) is 2.20.